The monoisotopic (exact) mass is 1370 g/mol. The van der Waals surface area contributed by atoms with Gasteiger partial charge in [-0.25, -0.2) is 0 Å². The Hall–Kier alpha value is -2.27. The summed E-state index contributed by atoms with van der Waals surface area (Å²) in [5, 5.41) is 9.59. The van der Waals surface area contributed by atoms with Crippen LogP contribution in [-0.4, -0.2) is 88.0 Å². The maximum Gasteiger partial charge on any atom is 2.00 e. The van der Waals surface area contributed by atoms with Crippen molar-refractivity contribution in [2.75, 3.05) is 0 Å². The molecule has 0 radical (unpaired) electrons. The van der Waals surface area contributed by atoms with E-state index in [0.29, 0.717) is 0 Å². The van der Waals surface area contributed by atoms with Crippen LogP contribution in [0.1, 0.15) is 22.3 Å². The normalized spacial score (nSPS) is 11.6. The molecule has 0 aliphatic heterocycles. The summed E-state index contributed by atoms with van der Waals surface area (Å²) >= 11 is -0.556. The van der Waals surface area contributed by atoms with Gasteiger partial charge in [-0.2, -0.15) is 0 Å². The molecule has 4 nitrogen and oxygen atoms in total. The standard InChI is InChI=1S/C28H20N2.C28H18N2.4ClH.2K.2Pt/c2*1-3-9-25-17-21(13-15-23(25)7-1)19-29-27-11-5-6-12-28(27)30-20-22-14-16-24-8-2-4-10-26(24)18-22;;;;;;;;/h1-20H;1-12,15-20H;4*1H;;;;/q;-2;;;;;;;+2;+4/p-4. The Balaban J connectivity index is 0.000000195. The molecule has 332 valence electrons. The average Bonchev–Trinajstić information content (AvgIpc) is 3.36. The Labute approximate surface area is 476 Å². The van der Waals surface area contributed by atoms with Crippen LogP contribution in [0, 0.1) is 12.1 Å². The van der Waals surface area contributed by atoms with Gasteiger partial charge in [0.05, 0.1) is 22.7 Å². The quantitative estimate of drug-likeness (QED) is 0.0827. The van der Waals surface area contributed by atoms with Gasteiger partial charge in [-0.1, -0.05) is 156 Å². The molecule has 0 aliphatic carbocycles. The fourth-order valence-corrected chi connectivity index (χ4v) is 6.94. The Bertz CT molecular complexity index is 2940. The molecule has 0 bridgehead atoms. The molecule has 0 amide bonds. The number of rotatable bonds is 8. The first-order chi connectivity index (χ1) is 32.7. The van der Waals surface area contributed by atoms with Gasteiger partial charge >= 0.3 is 134 Å². The van der Waals surface area contributed by atoms with Crippen molar-refractivity contribution in [1.29, 1.82) is 0 Å². The summed E-state index contributed by atoms with van der Waals surface area (Å²) in [4.78, 5) is 18.7. The topological polar surface area (TPSA) is 49.4 Å². The fraction of sp³-hybridized carbons (Fsp3) is 0. The summed E-state index contributed by atoms with van der Waals surface area (Å²) in [6.07, 6.45) is 7.47. The van der Waals surface area contributed by atoms with Crippen molar-refractivity contribution in [3.8, 4) is 0 Å². The van der Waals surface area contributed by atoms with E-state index in [1.807, 2.05) is 110 Å². The predicted octanol–water partition coefficient (Wildman–Crippen LogP) is 16.6. The summed E-state index contributed by atoms with van der Waals surface area (Å²) in [7, 11) is 20.0. The van der Waals surface area contributed by atoms with E-state index in [4.69, 9.17) is 47.7 Å². The Morgan fingerprint density at radius 1 is 0.338 bits per heavy atom. The van der Waals surface area contributed by atoms with Gasteiger partial charge in [-0.15, -0.1) is 58.3 Å². The molecule has 0 atom stereocenters. The molecule has 12 heteroatoms. The second kappa shape index (κ2) is 28.7. The molecule has 10 aromatic rings. The summed E-state index contributed by atoms with van der Waals surface area (Å²) < 4.78 is 0. The maximum absolute atomic E-state index is 5.01. The SMILES string of the molecule is C(=Nc1ccccc1N=Cc1ccc2ccccc2c1)c1ccc2ccccc2c1.[Cl][Pt]([Cl])([Cl])[Cl].[K][K].[Pt+2].[c-]1cc2ccccc2cc1C=Nc1ccccc1N=Cc1[c-]cc2ccccc2c1. The van der Waals surface area contributed by atoms with Crippen molar-refractivity contribution < 1.29 is 33.0 Å². The molecule has 0 aromatic heterocycles. The van der Waals surface area contributed by atoms with E-state index in [1.165, 1.54) is 106 Å². The van der Waals surface area contributed by atoms with Crippen molar-refractivity contribution in [1.82, 2.24) is 0 Å². The number of aliphatic imine (C=N–C) groups is 4. The van der Waals surface area contributed by atoms with E-state index in [0.717, 1.165) is 45.0 Å². The van der Waals surface area contributed by atoms with E-state index in [1.54, 1.807) is 0 Å². The van der Waals surface area contributed by atoms with Crippen LogP contribution in [0.4, 0.5) is 22.7 Å². The Kier molecular flexibility index (Phi) is 23.2. The summed E-state index contributed by atoms with van der Waals surface area (Å²) in [5.41, 5.74) is 7.35. The molecular formula is C56H38Cl4K2N4Pt2. The van der Waals surface area contributed by atoms with Crippen LogP contribution in [-0.2, 0) is 33.0 Å². The molecule has 0 saturated carbocycles. The smallest absolute Gasteiger partial charge is 0.302 e. The van der Waals surface area contributed by atoms with Gasteiger partial charge in [0.2, 0.25) is 0 Å². The van der Waals surface area contributed by atoms with Crippen LogP contribution in [0.5, 0.6) is 0 Å². The van der Waals surface area contributed by atoms with Crippen LogP contribution < -0.4 is 0 Å². The van der Waals surface area contributed by atoms with Crippen molar-refractivity contribution in [2.24, 2.45) is 20.0 Å². The largest absolute Gasteiger partial charge is 2.00 e. The molecule has 0 spiro atoms. The molecule has 0 unspecified atom stereocenters. The number of benzene rings is 10. The van der Waals surface area contributed by atoms with Gasteiger partial charge in [-0.05, 0) is 81.5 Å². The van der Waals surface area contributed by atoms with Gasteiger partial charge in [0, 0.05) is 12.4 Å². The van der Waals surface area contributed by atoms with Crippen LogP contribution in [0.25, 0.3) is 43.1 Å². The second-order valence-corrected chi connectivity index (χ2v) is 34.2. The van der Waals surface area contributed by atoms with Crippen LogP contribution in [0.15, 0.2) is 226 Å². The third-order valence-corrected chi connectivity index (χ3v) is 10.1. The van der Waals surface area contributed by atoms with Crippen LogP contribution in [0.2, 0.25) is 0 Å². The van der Waals surface area contributed by atoms with Crippen molar-refractivity contribution in [3.05, 3.63) is 241 Å². The van der Waals surface area contributed by atoms with E-state index in [9.17, 15) is 0 Å². The van der Waals surface area contributed by atoms with Gasteiger partial charge in [0.15, 0.2) is 0 Å². The third kappa shape index (κ3) is 17.5. The first-order valence-corrected chi connectivity index (χ1v) is 48.6. The van der Waals surface area contributed by atoms with Crippen molar-refractivity contribution >= 4 is 192 Å². The zero-order valence-electron chi connectivity index (χ0n) is 36.9. The molecule has 0 N–H and O–H groups in total. The maximum atomic E-state index is 5.01. The van der Waals surface area contributed by atoms with Gasteiger partial charge < -0.3 is 9.98 Å². The van der Waals surface area contributed by atoms with E-state index in [-0.39, 0.29) is 21.1 Å². The number of hydrogen-bond donors (Lipinski definition) is 0. The number of para-hydroxylation sites is 4. The van der Waals surface area contributed by atoms with E-state index < -0.39 is 11.9 Å². The van der Waals surface area contributed by atoms with Crippen molar-refractivity contribution in [2.45, 2.75) is 0 Å². The molecule has 10 aromatic carbocycles. The molecule has 10 rings (SSSR count). The Morgan fingerprint density at radius 2 is 0.603 bits per heavy atom. The minimum atomic E-state index is -3.06. The van der Waals surface area contributed by atoms with Crippen LogP contribution >= 0.6 is 37.7 Å². The van der Waals surface area contributed by atoms with E-state index >= 15 is 0 Å². The molecule has 68 heavy (non-hydrogen) atoms. The zero-order chi connectivity index (χ0) is 46.9. The first kappa shape index (κ1) is 55.1. The van der Waals surface area contributed by atoms with Gasteiger partial charge in [-0.3, -0.25) is 9.98 Å². The minimum absolute atomic E-state index is 0. The van der Waals surface area contributed by atoms with Crippen molar-refractivity contribution in [3.63, 3.8) is 0 Å². The van der Waals surface area contributed by atoms with Gasteiger partial charge in [0.1, 0.15) is 0 Å². The van der Waals surface area contributed by atoms with E-state index in [2.05, 4.69) is 143 Å². The van der Waals surface area contributed by atoms with Crippen LogP contribution in [0.3, 0.4) is 0 Å². The summed E-state index contributed by atoms with van der Waals surface area (Å²) in [6.45, 7) is 0. The number of halogens is 4. The summed E-state index contributed by atoms with van der Waals surface area (Å²) in [5.74, 6) is 0. The zero-order valence-corrected chi connectivity index (χ0v) is 50.7. The molecule has 0 fully saturated rings. The van der Waals surface area contributed by atoms with Gasteiger partial charge in [0.25, 0.3) is 0 Å². The number of nitrogens with zero attached hydrogens (tertiary/aromatic N) is 4. The third-order valence-electron chi connectivity index (χ3n) is 10.1. The fourth-order valence-electron chi connectivity index (χ4n) is 6.94. The second-order valence-electron chi connectivity index (χ2n) is 14.5. The molecule has 0 heterocycles. The minimum Gasteiger partial charge on any atom is -0.302 e. The Morgan fingerprint density at radius 3 is 0.941 bits per heavy atom. The number of hydrogen-bond acceptors (Lipinski definition) is 4. The average molecular weight is 1380 g/mol. The molecule has 0 saturated heterocycles. The number of fused-ring (bicyclic) bond motifs is 4. The summed E-state index contributed by atoms with van der Waals surface area (Å²) in [6, 6.07) is 76.5. The predicted molar refractivity (Wildman–Crippen MR) is 290 cm³/mol. The molecular weight excluding hydrogens is 1340 g/mol. The molecule has 0 aliphatic rings. The first-order valence-electron chi connectivity index (χ1n) is 21.3.